The maximum absolute atomic E-state index is 13.0. The van der Waals surface area contributed by atoms with E-state index in [9.17, 15) is 13.2 Å². The molecule has 0 aliphatic carbocycles. The first-order chi connectivity index (χ1) is 9.74. The highest BCUT2D eigenvalue weighted by atomic mass is 35.5. The molecule has 112 valence electrons. The molecule has 2 rings (SSSR count). The lowest BCUT2D eigenvalue weighted by atomic mass is 10.1. The maximum Gasteiger partial charge on any atom is 0.437 e. The summed E-state index contributed by atoms with van der Waals surface area (Å²) in [5, 5.41) is 0.495. The van der Waals surface area contributed by atoms with Crippen LogP contribution in [0.15, 0.2) is 24.3 Å². The van der Waals surface area contributed by atoms with Gasteiger partial charge in [0.15, 0.2) is 5.69 Å². The van der Waals surface area contributed by atoms with Gasteiger partial charge in [-0.25, -0.2) is 4.98 Å². The van der Waals surface area contributed by atoms with Gasteiger partial charge in [0, 0.05) is 10.6 Å². The number of hydrogen-bond acceptors (Lipinski definition) is 2. The number of alkyl halides is 3. The van der Waals surface area contributed by atoms with Crippen LogP contribution in [-0.4, -0.2) is 12.1 Å². The zero-order valence-electron chi connectivity index (χ0n) is 10.4. The third kappa shape index (κ3) is 3.36. The molecular weight excluding hydrogens is 350 g/mol. The minimum Gasteiger partial charge on any atom is -0.494 e. The molecule has 0 saturated carbocycles. The molecule has 21 heavy (non-hydrogen) atoms. The molecule has 0 amide bonds. The average Bonchev–Trinajstić information content (AvgIpc) is 2.36. The second kappa shape index (κ2) is 5.91. The Morgan fingerprint density at radius 1 is 1.05 bits per heavy atom. The van der Waals surface area contributed by atoms with Crippen molar-refractivity contribution >= 4 is 34.8 Å². The summed E-state index contributed by atoms with van der Waals surface area (Å²) in [6, 6.07) is 5.26. The summed E-state index contributed by atoms with van der Waals surface area (Å²) in [4.78, 5) is 3.57. The van der Waals surface area contributed by atoms with Gasteiger partial charge in [-0.15, -0.1) is 0 Å². The van der Waals surface area contributed by atoms with Crippen molar-refractivity contribution in [3.8, 4) is 17.0 Å². The van der Waals surface area contributed by atoms with E-state index in [0.717, 1.165) is 13.2 Å². The van der Waals surface area contributed by atoms with E-state index in [4.69, 9.17) is 34.8 Å². The lowest BCUT2D eigenvalue weighted by molar-refractivity contribution is -0.142. The van der Waals surface area contributed by atoms with Crippen LogP contribution >= 0.6 is 34.8 Å². The molecular formula is C13H7Cl3F3NO. The van der Waals surface area contributed by atoms with Crippen molar-refractivity contribution in [1.29, 1.82) is 0 Å². The molecule has 2 aromatic rings. The van der Waals surface area contributed by atoms with Gasteiger partial charge in [-0.3, -0.25) is 0 Å². The Morgan fingerprint density at radius 3 is 2.10 bits per heavy atom. The average molecular weight is 357 g/mol. The predicted octanol–water partition coefficient (Wildman–Crippen LogP) is 5.74. The Labute approximate surface area is 133 Å². The van der Waals surface area contributed by atoms with Crippen molar-refractivity contribution in [1.82, 2.24) is 4.98 Å². The fourth-order valence-electron chi connectivity index (χ4n) is 1.74. The first-order valence-electron chi connectivity index (χ1n) is 5.51. The number of ether oxygens (including phenoxy) is 1. The molecule has 1 aromatic heterocycles. The summed E-state index contributed by atoms with van der Waals surface area (Å²) in [5.41, 5.74) is -0.990. The van der Waals surface area contributed by atoms with Crippen molar-refractivity contribution < 1.29 is 17.9 Å². The first kappa shape index (κ1) is 16.2. The molecule has 0 spiro atoms. The Balaban J connectivity index is 2.67. The molecule has 0 unspecified atom stereocenters. The lowest BCUT2D eigenvalue weighted by Gasteiger charge is -2.14. The van der Waals surface area contributed by atoms with Crippen LogP contribution in [0.25, 0.3) is 11.3 Å². The highest BCUT2D eigenvalue weighted by molar-refractivity contribution is 6.41. The summed E-state index contributed by atoms with van der Waals surface area (Å²) in [6.45, 7) is 0. The van der Waals surface area contributed by atoms with Crippen LogP contribution in [0.2, 0.25) is 15.1 Å². The smallest absolute Gasteiger partial charge is 0.437 e. The summed E-state index contributed by atoms with van der Waals surface area (Å²) in [5.74, 6) is -0.382. The van der Waals surface area contributed by atoms with Crippen LogP contribution in [0.5, 0.6) is 5.75 Å². The third-order valence-corrected chi connectivity index (χ3v) is 3.42. The molecule has 0 atom stereocenters. The van der Waals surface area contributed by atoms with Crippen molar-refractivity contribution in [3.05, 3.63) is 45.0 Å². The molecule has 0 saturated heterocycles. The molecule has 0 aliphatic rings. The number of nitrogens with zero attached hydrogens (tertiary/aromatic N) is 1. The Kier molecular flexibility index (Phi) is 4.56. The van der Waals surface area contributed by atoms with Gasteiger partial charge in [0.05, 0.1) is 22.8 Å². The fourth-order valence-corrected chi connectivity index (χ4v) is 2.75. The second-order valence-electron chi connectivity index (χ2n) is 3.99. The molecule has 0 fully saturated rings. The highest BCUT2D eigenvalue weighted by Gasteiger charge is 2.37. The van der Waals surface area contributed by atoms with Crippen LogP contribution in [0.4, 0.5) is 13.2 Å². The first-order valence-corrected chi connectivity index (χ1v) is 6.64. The summed E-state index contributed by atoms with van der Waals surface area (Å²) in [7, 11) is 1.13. The van der Waals surface area contributed by atoms with E-state index in [1.807, 2.05) is 0 Å². The second-order valence-corrected chi connectivity index (χ2v) is 5.24. The highest BCUT2D eigenvalue weighted by Crippen LogP contribution is 2.40. The van der Waals surface area contributed by atoms with Crippen LogP contribution < -0.4 is 4.74 Å². The molecule has 1 heterocycles. The number of halogens is 6. The molecule has 2 nitrogen and oxygen atoms in total. The summed E-state index contributed by atoms with van der Waals surface area (Å²) < 4.78 is 43.6. The van der Waals surface area contributed by atoms with Crippen molar-refractivity contribution in [2.45, 2.75) is 6.18 Å². The zero-order valence-corrected chi connectivity index (χ0v) is 12.7. The molecule has 0 radical (unpaired) electrons. The standard InChI is InChI=1S/C13H7Cl3F3NO/c1-21-10-3-2-9(20-12(10)13(17,18)19)11-7(15)4-6(14)5-8(11)16/h2-5H,1H3. The monoisotopic (exact) mass is 355 g/mol. The van der Waals surface area contributed by atoms with Crippen LogP contribution in [-0.2, 0) is 6.18 Å². The normalized spacial score (nSPS) is 11.6. The van der Waals surface area contributed by atoms with E-state index in [1.165, 1.54) is 18.2 Å². The van der Waals surface area contributed by atoms with Crippen LogP contribution in [0.1, 0.15) is 5.69 Å². The van der Waals surface area contributed by atoms with Gasteiger partial charge in [-0.1, -0.05) is 34.8 Å². The minimum absolute atomic E-state index is 0.0187. The number of aromatic nitrogens is 1. The van der Waals surface area contributed by atoms with E-state index < -0.39 is 11.9 Å². The van der Waals surface area contributed by atoms with Crippen molar-refractivity contribution in [2.75, 3.05) is 7.11 Å². The Bertz CT molecular complexity index is 666. The number of pyridine rings is 1. The van der Waals surface area contributed by atoms with Crippen molar-refractivity contribution in [2.24, 2.45) is 0 Å². The van der Waals surface area contributed by atoms with Gasteiger partial charge in [-0.05, 0) is 24.3 Å². The molecule has 0 N–H and O–H groups in total. The fraction of sp³-hybridized carbons (Fsp3) is 0.154. The minimum atomic E-state index is -4.66. The number of rotatable bonds is 2. The summed E-state index contributed by atoms with van der Waals surface area (Å²) >= 11 is 17.7. The number of benzene rings is 1. The molecule has 8 heteroatoms. The van der Waals surface area contributed by atoms with Gasteiger partial charge in [0.1, 0.15) is 5.75 Å². The van der Waals surface area contributed by atoms with Crippen LogP contribution in [0, 0.1) is 0 Å². The zero-order chi connectivity index (χ0) is 15.8. The molecule has 1 aromatic carbocycles. The van der Waals surface area contributed by atoms with Gasteiger partial charge < -0.3 is 4.74 Å². The quantitative estimate of drug-likeness (QED) is 0.685. The predicted molar refractivity (Wildman–Crippen MR) is 76.3 cm³/mol. The van der Waals surface area contributed by atoms with E-state index in [2.05, 4.69) is 9.72 Å². The number of methoxy groups -OCH3 is 1. The van der Waals surface area contributed by atoms with Crippen LogP contribution in [0.3, 0.4) is 0 Å². The van der Waals surface area contributed by atoms with E-state index in [0.29, 0.717) is 0 Å². The SMILES string of the molecule is COc1ccc(-c2c(Cl)cc(Cl)cc2Cl)nc1C(F)(F)F. The molecule has 0 aliphatic heterocycles. The van der Waals surface area contributed by atoms with Gasteiger partial charge in [0.2, 0.25) is 0 Å². The number of hydrogen-bond donors (Lipinski definition) is 0. The van der Waals surface area contributed by atoms with E-state index in [1.54, 1.807) is 0 Å². The Morgan fingerprint density at radius 2 is 1.62 bits per heavy atom. The lowest BCUT2D eigenvalue weighted by Crippen LogP contribution is -2.11. The van der Waals surface area contributed by atoms with Gasteiger partial charge in [-0.2, -0.15) is 13.2 Å². The van der Waals surface area contributed by atoms with Gasteiger partial charge >= 0.3 is 6.18 Å². The Hall–Kier alpha value is -1.17. The molecule has 0 bridgehead atoms. The van der Waals surface area contributed by atoms with E-state index >= 15 is 0 Å². The van der Waals surface area contributed by atoms with Crippen molar-refractivity contribution in [3.63, 3.8) is 0 Å². The topological polar surface area (TPSA) is 22.1 Å². The third-order valence-electron chi connectivity index (χ3n) is 2.61. The van der Waals surface area contributed by atoms with E-state index in [-0.39, 0.29) is 32.1 Å². The van der Waals surface area contributed by atoms with Gasteiger partial charge in [0.25, 0.3) is 0 Å². The largest absolute Gasteiger partial charge is 0.494 e. The maximum atomic E-state index is 13.0. The summed E-state index contributed by atoms with van der Waals surface area (Å²) in [6.07, 6.45) is -4.66.